The Morgan fingerprint density at radius 3 is 2.88 bits per heavy atom. The van der Waals surface area contributed by atoms with E-state index in [2.05, 4.69) is 15.3 Å². The van der Waals surface area contributed by atoms with Gasteiger partial charge in [0.2, 0.25) is 0 Å². The Bertz CT molecular complexity index is 364. The number of aliphatic carboxylic acids is 1. The number of urea groups is 1. The highest BCUT2D eigenvalue weighted by atomic mass is 16.4. The van der Waals surface area contributed by atoms with Crippen LogP contribution in [0.3, 0.4) is 0 Å². The van der Waals surface area contributed by atoms with E-state index in [0.717, 1.165) is 5.69 Å². The van der Waals surface area contributed by atoms with Gasteiger partial charge in [0.05, 0.1) is 25.0 Å². The van der Waals surface area contributed by atoms with Gasteiger partial charge in [0.15, 0.2) is 0 Å². The SMILES string of the molecule is CCN(CCC(=O)O)C(=O)NCc1cnc[nH]1. The molecule has 0 unspecified atom stereocenters. The third kappa shape index (κ3) is 4.54. The van der Waals surface area contributed by atoms with Crippen LogP contribution in [0.1, 0.15) is 19.0 Å². The molecule has 0 saturated heterocycles. The molecule has 1 aromatic rings. The summed E-state index contributed by atoms with van der Waals surface area (Å²) in [6, 6.07) is -0.275. The quantitative estimate of drug-likeness (QED) is 0.671. The smallest absolute Gasteiger partial charge is 0.317 e. The number of aromatic nitrogens is 2. The molecular weight excluding hydrogens is 224 g/mol. The standard InChI is InChI=1S/C10H16N4O3/c1-2-14(4-3-9(15)16)10(17)12-6-8-5-11-7-13-8/h5,7H,2-4,6H2,1H3,(H,11,13)(H,12,17)(H,15,16). The van der Waals surface area contributed by atoms with Crippen molar-refractivity contribution in [3.05, 3.63) is 18.2 Å². The number of hydrogen-bond acceptors (Lipinski definition) is 3. The fraction of sp³-hybridized carbons (Fsp3) is 0.500. The zero-order valence-corrected chi connectivity index (χ0v) is 9.64. The molecular formula is C10H16N4O3. The van der Waals surface area contributed by atoms with Crippen molar-refractivity contribution in [1.82, 2.24) is 20.2 Å². The van der Waals surface area contributed by atoms with Crippen LogP contribution in [-0.4, -0.2) is 45.1 Å². The van der Waals surface area contributed by atoms with E-state index in [1.54, 1.807) is 13.1 Å². The molecule has 94 valence electrons. The van der Waals surface area contributed by atoms with Gasteiger partial charge in [0.1, 0.15) is 0 Å². The molecule has 0 radical (unpaired) electrons. The van der Waals surface area contributed by atoms with Crippen LogP contribution in [0.2, 0.25) is 0 Å². The first-order chi connectivity index (χ1) is 8.13. The van der Waals surface area contributed by atoms with Gasteiger partial charge in [-0.25, -0.2) is 9.78 Å². The largest absolute Gasteiger partial charge is 0.481 e. The molecule has 0 atom stereocenters. The van der Waals surface area contributed by atoms with Crippen molar-refractivity contribution < 1.29 is 14.7 Å². The molecule has 0 aliphatic heterocycles. The van der Waals surface area contributed by atoms with Crippen LogP contribution in [-0.2, 0) is 11.3 Å². The topological polar surface area (TPSA) is 98.3 Å². The van der Waals surface area contributed by atoms with Crippen molar-refractivity contribution in [2.75, 3.05) is 13.1 Å². The summed E-state index contributed by atoms with van der Waals surface area (Å²) in [6.45, 7) is 2.84. The first kappa shape index (κ1) is 13.0. The number of amides is 2. The third-order valence-corrected chi connectivity index (χ3v) is 2.25. The summed E-state index contributed by atoms with van der Waals surface area (Å²) >= 11 is 0. The van der Waals surface area contributed by atoms with Gasteiger partial charge >= 0.3 is 12.0 Å². The molecule has 3 N–H and O–H groups in total. The van der Waals surface area contributed by atoms with Gasteiger partial charge in [0.25, 0.3) is 0 Å². The van der Waals surface area contributed by atoms with E-state index in [1.165, 1.54) is 11.2 Å². The predicted octanol–water partition coefficient (Wildman–Crippen LogP) is 0.416. The van der Waals surface area contributed by atoms with Crippen molar-refractivity contribution >= 4 is 12.0 Å². The summed E-state index contributed by atoms with van der Waals surface area (Å²) < 4.78 is 0. The first-order valence-corrected chi connectivity index (χ1v) is 5.35. The van der Waals surface area contributed by atoms with Crippen molar-refractivity contribution in [2.24, 2.45) is 0 Å². The number of imidazole rings is 1. The lowest BCUT2D eigenvalue weighted by Crippen LogP contribution is -2.40. The number of H-pyrrole nitrogens is 1. The first-order valence-electron chi connectivity index (χ1n) is 5.35. The summed E-state index contributed by atoms with van der Waals surface area (Å²) in [5.74, 6) is -0.912. The van der Waals surface area contributed by atoms with E-state index >= 15 is 0 Å². The maximum Gasteiger partial charge on any atom is 0.317 e. The average Bonchev–Trinajstić information content (AvgIpc) is 2.79. The summed E-state index contributed by atoms with van der Waals surface area (Å²) in [5.41, 5.74) is 0.799. The summed E-state index contributed by atoms with van der Waals surface area (Å²) in [7, 11) is 0. The van der Waals surface area contributed by atoms with E-state index in [9.17, 15) is 9.59 Å². The Morgan fingerprint density at radius 2 is 2.35 bits per heavy atom. The zero-order chi connectivity index (χ0) is 12.7. The summed E-state index contributed by atoms with van der Waals surface area (Å²) in [6.07, 6.45) is 3.10. The number of carbonyl (C=O) groups excluding carboxylic acids is 1. The second-order valence-corrected chi connectivity index (χ2v) is 3.46. The van der Waals surface area contributed by atoms with Gasteiger partial charge in [-0.05, 0) is 6.92 Å². The molecule has 2 amide bonds. The van der Waals surface area contributed by atoms with Gasteiger partial charge < -0.3 is 20.3 Å². The molecule has 1 aromatic heterocycles. The van der Waals surface area contributed by atoms with Crippen molar-refractivity contribution in [1.29, 1.82) is 0 Å². The molecule has 7 heteroatoms. The Kier molecular flexibility index (Phi) is 4.99. The highest BCUT2D eigenvalue weighted by Crippen LogP contribution is 1.95. The monoisotopic (exact) mass is 240 g/mol. The van der Waals surface area contributed by atoms with E-state index in [0.29, 0.717) is 13.1 Å². The molecule has 0 aliphatic rings. The third-order valence-electron chi connectivity index (χ3n) is 2.25. The van der Waals surface area contributed by atoms with E-state index < -0.39 is 5.97 Å². The highest BCUT2D eigenvalue weighted by Gasteiger charge is 2.12. The molecule has 1 rings (SSSR count). The van der Waals surface area contributed by atoms with Gasteiger partial charge in [-0.15, -0.1) is 0 Å². The minimum atomic E-state index is -0.912. The minimum absolute atomic E-state index is 0.0503. The Hall–Kier alpha value is -2.05. The minimum Gasteiger partial charge on any atom is -0.481 e. The molecule has 1 heterocycles. The number of carbonyl (C=O) groups is 2. The molecule has 0 bridgehead atoms. The number of aromatic amines is 1. The predicted molar refractivity (Wildman–Crippen MR) is 60.3 cm³/mol. The van der Waals surface area contributed by atoms with Crippen molar-refractivity contribution in [3.63, 3.8) is 0 Å². The fourth-order valence-electron chi connectivity index (χ4n) is 1.30. The van der Waals surface area contributed by atoms with Crippen LogP contribution in [0.25, 0.3) is 0 Å². The second-order valence-electron chi connectivity index (χ2n) is 3.46. The summed E-state index contributed by atoms with van der Waals surface area (Å²) in [5, 5.41) is 11.2. The number of nitrogens with zero attached hydrogens (tertiary/aromatic N) is 2. The zero-order valence-electron chi connectivity index (χ0n) is 9.64. The number of hydrogen-bond donors (Lipinski definition) is 3. The van der Waals surface area contributed by atoms with E-state index in [4.69, 9.17) is 5.11 Å². The number of rotatable bonds is 6. The van der Waals surface area contributed by atoms with Crippen LogP contribution >= 0.6 is 0 Å². The molecule has 0 fully saturated rings. The lowest BCUT2D eigenvalue weighted by Gasteiger charge is -2.20. The van der Waals surface area contributed by atoms with Crippen molar-refractivity contribution in [3.8, 4) is 0 Å². The van der Waals surface area contributed by atoms with Crippen molar-refractivity contribution in [2.45, 2.75) is 19.9 Å². The molecule has 17 heavy (non-hydrogen) atoms. The van der Waals surface area contributed by atoms with E-state index in [1.807, 2.05) is 0 Å². The number of nitrogens with one attached hydrogen (secondary N) is 2. The second kappa shape index (κ2) is 6.51. The Morgan fingerprint density at radius 1 is 1.59 bits per heavy atom. The Balaban J connectivity index is 2.35. The molecule has 0 aliphatic carbocycles. The number of carboxylic acid groups (broad SMARTS) is 1. The normalized spacial score (nSPS) is 9.94. The molecule has 7 nitrogen and oxygen atoms in total. The van der Waals surface area contributed by atoms with Gasteiger partial charge in [-0.3, -0.25) is 4.79 Å². The maximum atomic E-state index is 11.7. The lowest BCUT2D eigenvalue weighted by atomic mass is 10.4. The maximum absolute atomic E-state index is 11.7. The average molecular weight is 240 g/mol. The lowest BCUT2D eigenvalue weighted by molar-refractivity contribution is -0.137. The van der Waals surface area contributed by atoms with Crippen LogP contribution in [0, 0.1) is 0 Å². The van der Waals surface area contributed by atoms with Crippen LogP contribution in [0.15, 0.2) is 12.5 Å². The molecule has 0 saturated carbocycles. The fourth-order valence-corrected chi connectivity index (χ4v) is 1.30. The van der Waals surface area contributed by atoms with Crippen LogP contribution in [0.4, 0.5) is 4.79 Å². The van der Waals surface area contributed by atoms with E-state index in [-0.39, 0.29) is 19.0 Å². The highest BCUT2D eigenvalue weighted by molar-refractivity contribution is 5.75. The summed E-state index contributed by atoms with van der Waals surface area (Å²) in [4.78, 5) is 30.2. The Labute approximate surface area is 98.8 Å². The van der Waals surface area contributed by atoms with Gasteiger partial charge in [-0.2, -0.15) is 0 Å². The molecule has 0 aromatic carbocycles. The van der Waals surface area contributed by atoms with Gasteiger partial charge in [-0.1, -0.05) is 0 Å². The van der Waals surface area contributed by atoms with Crippen LogP contribution in [0.5, 0.6) is 0 Å². The number of carboxylic acids is 1. The van der Waals surface area contributed by atoms with Crippen LogP contribution < -0.4 is 5.32 Å². The van der Waals surface area contributed by atoms with Gasteiger partial charge in [0, 0.05) is 19.3 Å². The molecule has 0 spiro atoms.